The number of carbonyl (C=O) groups is 4. The Hall–Kier alpha value is -3.88. The van der Waals surface area contributed by atoms with Gasteiger partial charge in [0.25, 0.3) is 5.91 Å². The molecule has 0 bridgehead atoms. The predicted molar refractivity (Wildman–Crippen MR) is 103 cm³/mol. The van der Waals surface area contributed by atoms with Gasteiger partial charge in [0.1, 0.15) is 5.56 Å². The number of carbonyl (C=O) groups excluding carboxylic acids is 4. The molecular weight excluding hydrogens is 380 g/mol. The highest BCUT2D eigenvalue weighted by Gasteiger charge is 2.26. The molecule has 0 aliphatic rings. The first-order valence-corrected chi connectivity index (χ1v) is 8.44. The molecule has 0 unspecified atom stereocenters. The smallest absolute Gasteiger partial charge is 0.343 e. The van der Waals surface area contributed by atoms with Crippen LogP contribution in [0.3, 0.4) is 0 Å². The highest BCUT2D eigenvalue weighted by molar-refractivity contribution is 6.03. The van der Waals surface area contributed by atoms with Crippen LogP contribution in [0, 0.1) is 0 Å². The van der Waals surface area contributed by atoms with Crippen molar-refractivity contribution < 1.29 is 33.4 Å². The number of amides is 2. The first kappa shape index (κ1) is 21.4. The van der Waals surface area contributed by atoms with Crippen LogP contribution in [0.5, 0.6) is 11.5 Å². The van der Waals surface area contributed by atoms with Crippen molar-refractivity contribution in [3.63, 3.8) is 0 Å². The van der Waals surface area contributed by atoms with E-state index in [9.17, 15) is 19.2 Å². The number of esters is 1. The molecule has 9 heteroatoms. The third kappa shape index (κ3) is 4.89. The van der Waals surface area contributed by atoms with Crippen molar-refractivity contribution in [3.05, 3.63) is 53.1 Å². The summed E-state index contributed by atoms with van der Waals surface area (Å²) in [5.41, 5.74) is 5.72. The SMILES string of the molecule is COc1ccc(C=O)c(C(=O)O[C@@H](C)C(=O)Nc2ccc(C(N)=O)cc2)c1OC. The summed E-state index contributed by atoms with van der Waals surface area (Å²) in [6.45, 7) is 1.37. The highest BCUT2D eigenvalue weighted by atomic mass is 16.6. The standard InChI is InChI=1S/C20H20N2O7/c1-11(19(25)22-14-7-4-12(5-8-14)18(21)24)29-20(26)16-13(10-23)6-9-15(27-2)17(16)28-3/h4-11H,1-3H3,(H2,21,24)(H,22,25)/t11-/m0/s1. The average Bonchev–Trinajstić information content (AvgIpc) is 2.72. The Balaban J connectivity index is 2.16. The van der Waals surface area contributed by atoms with Gasteiger partial charge in [0, 0.05) is 16.8 Å². The zero-order valence-electron chi connectivity index (χ0n) is 16.1. The van der Waals surface area contributed by atoms with E-state index in [2.05, 4.69) is 5.32 Å². The van der Waals surface area contributed by atoms with Crippen LogP contribution in [0.4, 0.5) is 5.69 Å². The maximum atomic E-state index is 12.6. The molecule has 152 valence electrons. The van der Waals surface area contributed by atoms with Gasteiger partial charge >= 0.3 is 5.97 Å². The molecule has 2 aromatic carbocycles. The molecule has 2 rings (SSSR count). The Morgan fingerprint density at radius 2 is 1.69 bits per heavy atom. The highest BCUT2D eigenvalue weighted by Crippen LogP contribution is 2.33. The molecule has 0 saturated heterocycles. The van der Waals surface area contributed by atoms with Gasteiger partial charge < -0.3 is 25.3 Å². The van der Waals surface area contributed by atoms with E-state index in [-0.39, 0.29) is 28.2 Å². The second kappa shape index (κ2) is 9.36. The fourth-order valence-corrected chi connectivity index (χ4v) is 2.49. The molecule has 0 spiro atoms. The quantitative estimate of drug-likeness (QED) is 0.510. The van der Waals surface area contributed by atoms with E-state index < -0.39 is 23.9 Å². The van der Waals surface area contributed by atoms with Crippen LogP contribution in [0.1, 0.15) is 38.0 Å². The van der Waals surface area contributed by atoms with Gasteiger partial charge in [-0.1, -0.05) is 0 Å². The van der Waals surface area contributed by atoms with Crippen molar-refractivity contribution in [3.8, 4) is 11.5 Å². The number of hydrogen-bond donors (Lipinski definition) is 2. The minimum atomic E-state index is -1.19. The number of nitrogens with one attached hydrogen (secondary N) is 1. The third-order valence-electron chi connectivity index (χ3n) is 4.00. The Labute approximate surface area is 166 Å². The van der Waals surface area contributed by atoms with Gasteiger partial charge in [-0.3, -0.25) is 14.4 Å². The molecule has 0 aliphatic heterocycles. The van der Waals surface area contributed by atoms with Gasteiger partial charge in [0.2, 0.25) is 5.91 Å². The molecule has 0 heterocycles. The maximum absolute atomic E-state index is 12.6. The van der Waals surface area contributed by atoms with Gasteiger partial charge in [-0.15, -0.1) is 0 Å². The van der Waals surface area contributed by atoms with Crippen LogP contribution in [0.25, 0.3) is 0 Å². The number of hydrogen-bond acceptors (Lipinski definition) is 7. The summed E-state index contributed by atoms with van der Waals surface area (Å²) in [5.74, 6) is -1.87. The second-order valence-corrected chi connectivity index (χ2v) is 5.86. The number of methoxy groups -OCH3 is 2. The fraction of sp³-hybridized carbons (Fsp3) is 0.200. The number of anilines is 1. The zero-order valence-corrected chi connectivity index (χ0v) is 16.1. The third-order valence-corrected chi connectivity index (χ3v) is 4.00. The molecule has 29 heavy (non-hydrogen) atoms. The Kier molecular flexibility index (Phi) is 6.91. The fourth-order valence-electron chi connectivity index (χ4n) is 2.49. The molecular formula is C20H20N2O7. The Morgan fingerprint density at radius 1 is 1.03 bits per heavy atom. The van der Waals surface area contributed by atoms with Crippen LogP contribution in [0.2, 0.25) is 0 Å². The number of aldehydes is 1. The van der Waals surface area contributed by atoms with Crippen LogP contribution in [0.15, 0.2) is 36.4 Å². The monoisotopic (exact) mass is 400 g/mol. The van der Waals surface area contributed by atoms with E-state index >= 15 is 0 Å². The molecule has 9 nitrogen and oxygen atoms in total. The van der Waals surface area contributed by atoms with Crippen LogP contribution in [-0.4, -0.2) is 44.4 Å². The Morgan fingerprint density at radius 3 is 2.21 bits per heavy atom. The van der Waals surface area contributed by atoms with E-state index in [4.69, 9.17) is 19.9 Å². The summed E-state index contributed by atoms with van der Waals surface area (Å²) >= 11 is 0. The number of benzene rings is 2. The van der Waals surface area contributed by atoms with E-state index in [0.29, 0.717) is 12.0 Å². The number of nitrogens with two attached hydrogens (primary N) is 1. The van der Waals surface area contributed by atoms with Crippen molar-refractivity contribution in [2.45, 2.75) is 13.0 Å². The van der Waals surface area contributed by atoms with E-state index in [1.165, 1.54) is 57.5 Å². The molecule has 0 aromatic heterocycles. The number of rotatable bonds is 8. The van der Waals surface area contributed by atoms with Gasteiger partial charge in [-0.05, 0) is 43.3 Å². The largest absolute Gasteiger partial charge is 0.493 e. The van der Waals surface area contributed by atoms with Crippen LogP contribution in [-0.2, 0) is 9.53 Å². The van der Waals surface area contributed by atoms with Crippen LogP contribution < -0.4 is 20.5 Å². The molecule has 2 amide bonds. The molecule has 1 atom stereocenters. The van der Waals surface area contributed by atoms with Crippen molar-refractivity contribution >= 4 is 29.8 Å². The normalized spacial score (nSPS) is 11.1. The lowest BCUT2D eigenvalue weighted by Crippen LogP contribution is -2.30. The first-order valence-electron chi connectivity index (χ1n) is 8.44. The molecule has 0 radical (unpaired) electrons. The number of ether oxygens (including phenoxy) is 3. The lowest BCUT2D eigenvalue weighted by Gasteiger charge is -2.17. The van der Waals surface area contributed by atoms with E-state index in [1.807, 2.05) is 0 Å². The molecule has 0 fully saturated rings. The Bertz CT molecular complexity index is 939. The van der Waals surface area contributed by atoms with Gasteiger partial charge in [-0.25, -0.2) is 4.79 Å². The van der Waals surface area contributed by atoms with E-state index in [0.717, 1.165) is 0 Å². The van der Waals surface area contributed by atoms with Crippen molar-refractivity contribution in [1.29, 1.82) is 0 Å². The minimum absolute atomic E-state index is 0.0248. The summed E-state index contributed by atoms with van der Waals surface area (Å²) in [6, 6.07) is 8.74. The molecule has 0 aliphatic carbocycles. The lowest BCUT2D eigenvalue weighted by molar-refractivity contribution is -0.123. The maximum Gasteiger partial charge on any atom is 0.343 e. The topological polar surface area (TPSA) is 134 Å². The summed E-state index contributed by atoms with van der Waals surface area (Å²) in [5, 5.41) is 2.55. The average molecular weight is 400 g/mol. The summed E-state index contributed by atoms with van der Waals surface area (Å²) in [6.07, 6.45) is -0.711. The number of primary amides is 1. The molecule has 2 aromatic rings. The summed E-state index contributed by atoms with van der Waals surface area (Å²) < 4.78 is 15.5. The first-order chi connectivity index (χ1) is 13.8. The molecule has 0 saturated carbocycles. The van der Waals surface area contributed by atoms with Gasteiger partial charge in [0.15, 0.2) is 23.9 Å². The van der Waals surface area contributed by atoms with Gasteiger partial charge in [-0.2, -0.15) is 0 Å². The van der Waals surface area contributed by atoms with Crippen molar-refractivity contribution in [1.82, 2.24) is 0 Å². The summed E-state index contributed by atoms with van der Waals surface area (Å²) in [4.78, 5) is 47.3. The lowest BCUT2D eigenvalue weighted by atomic mass is 10.1. The summed E-state index contributed by atoms with van der Waals surface area (Å²) in [7, 11) is 2.70. The van der Waals surface area contributed by atoms with Crippen LogP contribution >= 0.6 is 0 Å². The van der Waals surface area contributed by atoms with Gasteiger partial charge in [0.05, 0.1) is 14.2 Å². The predicted octanol–water partition coefficient (Wildman–Crippen LogP) is 1.80. The molecule has 3 N–H and O–H groups in total. The zero-order chi connectivity index (χ0) is 21.6. The van der Waals surface area contributed by atoms with Crippen molar-refractivity contribution in [2.24, 2.45) is 5.73 Å². The minimum Gasteiger partial charge on any atom is -0.493 e. The second-order valence-electron chi connectivity index (χ2n) is 5.86. The van der Waals surface area contributed by atoms with Crippen molar-refractivity contribution in [2.75, 3.05) is 19.5 Å². The van der Waals surface area contributed by atoms with E-state index in [1.54, 1.807) is 0 Å².